The Hall–Kier alpha value is -1.38. The quantitative estimate of drug-likeness (QED) is 0.885. The van der Waals surface area contributed by atoms with E-state index in [1.165, 1.54) is 51.4 Å². The SMILES string of the molecule is O=C1c2ccc(NCC3CCCCC3)nc2CC2CCCCC12. The number of pyridine rings is 1. The number of aromatic nitrogens is 1. The predicted molar refractivity (Wildman–Crippen MR) is 92.8 cm³/mol. The van der Waals surface area contributed by atoms with Gasteiger partial charge in [-0.1, -0.05) is 32.1 Å². The molecule has 3 aliphatic carbocycles. The largest absolute Gasteiger partial charge is 0.370 e. The molecule has 1 heterocycles. The molecule has 0 amide bonds. The monoisotopic (exact) mass is 312 g/mol. The molecule has 3 nitrogen and oxygen atoms in total. The number of hydrogen-bond donors (Lipinski definition) is 1. The molecule has 23 heavy (non-hydrogen) atoms. The van der Waals surface area contributed by atoms with E-state index in [0.29, 0.717) is 11.7 Å². The fourth-order valence-electron chi connectivity index (χ4n) is 4.87. The van der Waals surface area contributed by atoms with Crippen LogP contribution in [0.1, 0.15) is 73.8 Å². The van der Waals surface area contributed by atoms with Crippen LogP contribution in [0.3, 0.4) is 0 Å². The molecule has 2 unspecified atom stereocenters. The summed E-state index contributed by atoms with van der Waals surface area (Å²) in [7, 11) is 0. The summed E-state index contributed by atoms with van der Waals surface area (Å²) >= 11 is 0. The predicted octanol–water partition coefficient (Wildman–Crippen LogP) is 4.62. The molecule has 3 heteroatoms. The number of anilines is 1. The topological polar surface area (TPSA) is 42.0 Å². The van der Waals surface area contributed by atoms with Crippen molar-refractivity contribution < 1.29 is 4.79 Å². The van der Waals surface area contributed by atoms with Crippen LogP contribution >= 0.6 is 0 Å². The van der Waals surface area contributed by atoms with E-state index in [1.807, 2.05) is 12.1 Å². The average Bonchev–Trinajstić information content (AvgIpc) is 2.61. The molecule has 2 saturated carbocycles. The van der Waals surface area contributed by atoms with Crippen molar-refractivity contribution in [3.05, 3.63) is 23.4 Å². The van der Waals surface area contributed by atoms with Crippen LogP contribution in [0.15, 0.2) is 12.1 Å². The minimum absolute atomic E-state index is 0.277. The normalized spacial score (nSPS) is 28.1. The minimum atomic E-state index is 0.277. The number of hydrogen-bond acceptors (Lipinski definition) is 3. The number of nitrogens with zero attached hydrogens (tertiary/aromatic N) is 1. The summed E-state index contributed by atoms with van der Waals surface area (Å²) in [5, 5.41) is 3.53. The van der Waals surface area contributed by atoms with Gasteiger partial charge in [0.25, 0.3) is 0 Å². The molecule has 0 aromatic carbocycles. The Morgan fingerprint density at radius 3 is 2.65 bits per heavy atom. The fraction of sp³-hybridized carbons (Fsp3) is 0.700. The first-order chi connectivity index (χ1) is 11.3. The molecule has 3 aliphatic rings. The molecule has 0 saturated heterocycles. The number of rotatable bonds is 3. The van der Waals surface area contributed by atoms with Gasteiger partial charge in [0.2, 0.25) is 0 Å². The number of carbonyl (C=O) groups is 1. The van der Waals surface area contributed by atoms with E-state index in [2.05, 4.69) is 5.32 Å². The molecule has 0 bridgehead atoms. The molecule has 0 radical (unpaired) electrons. The zero-order valence-corrected chi connectivity index (χ0v) is 14.0. The molecule has 2 atom stereocenters. The second kappa shape index (κ2) is 6.62. The third-order valence-electron chi connectivity index (χ3n) is 6.24. The molecule has 124 valence electrons. The smallest absolute Gasteiger partial charge is 0.168 e. The Labute approximate surface area is 139 Å². The van der Waals surface area contributed by atoms with Crippen LogP contribution in [0.4, 0.5) is 5.82 Å². The van der Waals surface area contributed by atoms with Crippen molar-refractivity contribution in [1.82, 2.24) is 4.98 Å². The summed E-state index contributed by atoms with van der Waals surface area (Å²) in [6.07, 6.45) is 12.6. The molecule has 1 aromatic heterocycles. The van der Waals surface area contributed by atoms with Crippen molar-refractivity contribution in [3.63, 3.8) is 0 Å². The maximum absolute atomic E-state index is 12.7. The molecule has 1 N–H and O–H groups in total. The standard InChI is InChI=1S/C20H28N2O/c23-20-16-9-5-4-8-15(16)12-18-17(20)10-11-19(22-18)21-13-14-6-2-1-3-7-14/h10-11,14-16H,1-9,12-13H2,(H,21,22). The first-order valence-electron chi connectivity index (χ1n) is 9.59. The molecule has 2 fully saturated rings. The highest BCUT2D eigenvalue weighted by molar-refractivity contribution is 6.00. The van der Waals surface area contributed by atoms with Gasteiger partial charge >= 0.3 is 0 Å². The zero-order valence-electron chi connectivity index (χ0n) is 14.0. The van der Waals surface area contributed by atoms with E-state index in [9.17, 15) is 4.79 Å². The highest BCUT2D eigenvalue weighted by Crippen LogP contribution is 2.39. The summed E-state index contributed by atoms with van der Waals surface area (Å²) in [5.74, 6) is 2.95. The lowest BCUT2D eigenvalue weighted by Crippen LogP contribution is -2.34. The number of fused-ring (bicyclic) bond motifs is 2. The number of nitrogens with one attached hydrogen (secondary N) is 1. The summed E-state index contributed by atoms with van der Waals surface area (Å²) < 4.78 is 0. The Kier molecular flexibility index (Phi) is 4.37. The van der Waals surface area contributed by atoms with Crippen LogP contribution in [-0.2, 0) is 6.42 Å². The van der Waals surface area contributed by atoms with Gasteiger partial charge in [-0.3, -0.25) is 4.79 Å². The van der Waals surface area contributed by atoms with E-state index < -0.39 is 0 Å². The lowest BCUT2D eigenvalue weighted by Gasteiger charge is -2.35. The summed E-state index contributed by atoms with van der Waals surface area (Å²) in [6.45, 7) is 1.03. The minimum Gasteiger partial charge on any atom is -0.370 e. The first-order valence-corrected chi connectivity index (χ1v) is 9.59. The van der Waals surface area contributed by atoms with Crippen LogP contribution in [0.2, 0.25) is 0 Å². The van der Waals surface area contributed by atoms with Crippen LogP contribution in [0.25, 0.3) is 0 Å². The molecule has 1 aromatic rings. The highest BCUT2D eigenvalue weighted by Gasteiger charge is 2.37. The molecule has 0 spiro atoms. The van der Waals surface area contributed by atoms with Crippen LogP contribution < -0.4 is 5.32 Å². The molecule has 0 aliphatic heterocycles. The van der Waals surface area contributed by atoms with Crippen molar-refractivity contribution in [2.45, 2.75) is 64.2 Å². The third-order valence-corrected chi connectivity index (χ3v) is 6.24. The van der Waals surface area contributed by atoms with E-state index in [4.69, 9.17) is 4.98 Å². The van der Waals surface area contributed by atoms with Crippen molar-refractivity contribution in [2.24, 2.45) is 17.8 Å². The van der Waals surface area contributed by atoms with Crippen LogP contribution in [-0.4, -0.2) is 17.3 Å². The second-order valence-corrected chi connectivity index (χ2v) is 7.80. The van der Waals surface area contributed by atoms with Gasteiger partial charge in [-0.2, -0.15) is 0 Å². The van der Waals surface area contributed by atoms with Crippen molar-refractivity contribution >= 4 is 11.6 Å². The number of carbonyl (C=O) groups excluding carboxylic acids is 1. The number of Topliss-reactive ketones (excluding diaryl/α,β-unsaturated/α-hetero) is 1. The average molecular weight is 312 g/mol. The Morgan fingerprint density at radius 2 is 1.78 bits per heavy atom. The Balaban J connectivity index is 1.46. The molecular weight excluding hydrogens is 284 g/mol. The van der Waals surface area contributed by atoms with Crippen LogP contribution in [0, 0.1) is 17.8 Å². The van der Waals surface area contributed by atoms with Gasteiger partial charge in [0, 0.05) is 18.0 Å². The summed E-state index contributed by atoms with van der Waals surface area (Å²) in [4.78, 5) is 17.5. The van der Waals surface area contributed by atoms with Gasteiger partial charge in [0.15, 0.2) is 5.78 Å². The third kappa shape index (κ3) is 3.15. The Bertz CT molecular complexity index is 577. The highest BCUT2D eigenvalue weighted by atomic mass is 16.1. The van der Waals surface area contributed by atoms with Crippen molar-refractivity contribution in [1.29, 1.82) is 0 Å². The lowest BCUT2D eigenvalue weighted by molar-refractivity contribution is 0.0798. The first kappa shape index (κ1) is 15.2. The van der Waals surface area contributed by atoms with E-state index in [0.717, 1.165) is 42.4 Å². The van der Waals surface area contributed by atoms with Gasteiger partial charge in [-0.25, -0.2) is 4.98 Å². The van der Waals surface area contributed by atoms with Crippen molar-refractivity contribution in [2.75, 3.05) is 11.9 Å². The molecular formula is C20H28N2O. The van der Waals surface area contributed by atoms with Gasteiger partial charge in [-0.15, -0.1) is 0 Å². The maximum Gasteiger partial charge on any atom is 0.168 e. The molecule has 4 rings (SSSR count). The van der Waals surface area contributed by atoms with Gasteiger partial charge in [-0.05, 0) is 56.1 Å². The Morgan fingerprint density at radius 1 is 1.00 bits per heavy atom. The van der Waals surface area contributed by atoms with Gasteiger partial charge < -0.3 is 5.32 Å². The lowest BCUT2D eigenvalue weighted by atomic mass is 9.69. The fourth-order valence-corrected chi connectivity index (χ4v) is 4.87. The van der Waals surface area contributed by atoms with Gasteiger partial charge in [0.1, 0.15) is 5.82 Å². The van der Waals surface area contributed by atoms with E-state index >= 15 is 0 Å². The zero-order chi connectivity index (χ0) is 15.6. The summed E-state index contributed by atoms with van der Waals surface area (Å²) in [5.41, 5.74) is 1.95. The van der Waals surface area contributed by atoms with Gasteiger partial charge in [0.05, 0.1) is 5.69 Å². The summed E-state index contributed by atoms with van der Waals surface area (Å²) in [6, 6.07) is 4.04. The van der Waals surface area contributed by atoms with E-state index in [1.54, 1.807) is 0 Å². The van der Waals surface area contributed by atoms with Crippen molar-refractivity contribution in [3.8, 4) is 0 Å². The van der Waals surface area contributed by atoms with E-state index in [-0.39, 0.29) is 5.92 Å². The van der Waals surface area contributed by atoms with Crippen LogP contribution in [0.5, 0.6) is 0 Å². The maximum atomic E-state index is 12.7. The second-order valence-electron chi connectivity index (χ2n) is 7.80. The number of ketones is 1.